The zero-order valence-electron chi connectivity index (χ0n) is 11.6. The van der Waals surface area contributed by atoms with Crippen molar-refractivity contribution in [3.05, 3.63) is 0 Å². The second kappa shape index (κ2) is 4.30. The fourth-order valence-corrected chi connectivity index (χ4v) is 3.33. The van der Waals surface area contributed by atoms with Crippen molar-refractivity contribution in [2.45, 2.75) is 39.5 Å². The van der Waals surface area contributed by atoms with Crippen LogP contribution in [0.2, 0.25) is 0 Å². The molecular formula is C14H28N2. The van der Waals surface area contributed by atoms with Crippen LogP contribution in [0.4, 0.5) is 0 Å². The summed E-state index contributed by atoms with van der Waals surface area (Å²) >= 11 is 0. The van der Waals surface area contributed by atoms with Crippen molar-refractivity contribution < 1.29 is 0 Å². The molecule has 1 saturated heterocycles. The van der Waals surface area contributed by atoms with Gasteiger partial charge >= 0.3 is 0 Å². The van der Waals surface area contributed by atoms with E-state index in [9.17, 15) is 0 Å². The first-order valence-electron chi connectivity index (χ1n) is 6.84. The molecule has 1 aliphatic carbocycles. The van der Waals surface area contributed by atoms with E-state index in [4.69, 9.17) is 0 Å². The average Bonchev–Trinajstić information content (AvgIpc) is 2.94. The van der Waals surface area contributed by atoms with Crippen molar-refractivity contribution in [2.24, 2.45) is 10.8 Å². The van der Waals surface area contributed by atoms with Crippen LogP contribution in [0.1, 0.15) is 39.5 Å². The Morgan fingerprint density at radius 3 is 2.31 bits per heavy atom. The van der Waals surface area contributed by atoms with Crippen LogP contribution in [-0.2, 0) is 0 Å². The lowest BCUT2D eigenvalue weighted by Crippen LogP contribution is -2.53. The normalized spacial score (nSPS) is 26.8. The number of nitrogens with zero attached hydrogens (tertiary/aromatic N) is 2. The van der Waals surface area contributed by atoms with Crippen molar-refractivity contribution >= 4 is 0 Å². The third-order valence-electron chi connectivity index (χ3n) is 4.71. The van der Waals surface area contributed by atoms with Crippen LogP contribution in [0.25, 0.3) is 0 Å². The van der Waals surface area contributed by atoms with E-state index in [1.54, 1.807) is 0 Å². The van der Waals surface area contributed by atoms with Gasteiger partial charge in [0, 0.05) is 19.6 Å². The summed E-state index contributed by atoms with van der Waals surface area (Å²) in [5.74, 6) is 0. The minimum Gasteiger partial charge on any atom is -0.306 e. The molecule has 94 valence electrons. The van der Waals surface area contributed by atoms with E-state index in [1.807, 2.05) is 0 Å². The van der Waals surface area contributed by atoms with Crippen LogP contribution in [0, 0.1) is 10.8 Å². The van der Waals surface area contributed by atoms with Crippen LogP contribution in [0.3, 0.4) is 0 Å². The van der Waals surface area contributed by atoms with Gasteiger partial charge in [0.05, 0.1) is 0 Å². The summed E-state index contributed by atoms with van der Waals surface area (Å²) in [5.41, 5.74) is 1.32. The van der Waals surface area contributed by atoms with E-state index < -0.39 is 0 Å². The molecule has 2 fully saturated rings. The van der Waals surface area contributed by atoms with Crippen molar-refractivity contribution in [1.82, 2.24) is 9.80 Å². The molecule has 0 unspecified atom stereocenters. The molecule has 0 aromatic rings. The van der Waals surface area contributed by atoms with Gasteiger partial charge in [-0.1, -0.05) is 13.8 Å². The SMILES string of the molecule is CCC1(CN(C)CCC2(C)CN(C)C2)CC1. The van der Waals surface area contributed by atoms with Crippen LogP contribution in [-0.4, -0.2) is 50.1 Å². The summed E-state index contributed by atoms with van der Waals surface area (Å²) in [7, 11) is 4.53. The van der Waals surface area contributed by atoms with Crippen molar-refractivity contribution in [3.63, 3.8) is 0 Å². The van der Waals surface area contributed by atoms with E-state index in [0.717, 1.165) is 0 Å². The predicted octanol–water partition coefficient (Wildman–Crippen LogP) is 2.45. The van der Waals surface area contributed by atoms with E-state index in [1.165, 1.54) is 51.9 Å². The Morgan fingerprint density at radius 1 is 1.25 bits per heavy atom. The predicted molar refractivity (Wildman–Crippen MR) is 69.7 cm³/mol. The molecule has 0 aromatic heterocycles. The highest BCUT2D eigenvalue weighted by molar-refractivity contribution is 4.95. The van der Waals surface area contributed by atoms with Gasteiger partial charge < -0.3 is 9.80 Å². The third-order valence-corrected chi connectivity index (χ3v) is 4.71. The first-order chi connectivity index (χ1) is 7.47. The Bertz CT molecular complexity index is 239. The first-order valence-corrected chi connectivity index (χ1v) is 6.84. The fourth-order valence-electron chi connectivity index (χ4n) is 3.33. The van der Waals surface area contributed by atoms with E-state index in [-0.39, 0.29) is 0 Å². The van der Waals surface area contributed by atoms with E-state index in [2.05, 4.69) is 37.7 Å². The van der Waals surface area contributed by atoms with E-state index in [0.29, 0.717) is 10.8 Å². The summed E-state index contributed by atoms with van der Waals surface area (Å²) in [6.45, 7) is 9.98. The maximum Gasteiger partial charge on any atom is 0.00452 e. The first kappa shape index (κ1) is 12.4. The quantitative estimate of drug-likeness (QED) is 0.684. The highest BCUT2D eigenvalue weighted by Gasteiger charge is 2.42. The van der Waals surface area contributed by atoms with Crippen LogP contribution < -0.4 is 0 Å². The number of hydrogen-bond donors (Lipinski definition) is 0. The Labute approximate surface area is 101 Å². The summed E-state index contributed by atoms with van der Waals surface area (Å²) in [6.07, 6.45) is 5.67. The molecule has 2 aliphatic rings. The van der Waals surface area contributed by atoms with Gasteiger partial charge in [-0.3, -0.25) is 0 Å². The molecule has 1 heterocycles. The highest BCUT2D eigenvalue weighted by atomic mass is 15.2. The fraction of sp³-hybridized carbons (Fsp3) is 1.00. The van der Waals surface area contributed by atoms with Crippen LogP contribution in [0.5, 0.6) is 0 Å². The molecule has 2 nitrogen and oxygen atoms in total. The maximum absolute atomic E-state index is 2.57. The smallest absolute Gasteiger partial charge is 0.00452 e. The highest BCUT2D eigenvalue weighted by Crippen LogP contribution is 2.49. The van der Waals surface area contributed by atoms with Gasteiger partial charge in [0.25, 0.3) is 0 Å². The van der Waals surface area contributed by atoms with Gasteiger partial charge in [-0.2, -0.15) is 0 Å². The summed E-state index contributed by atoms with van der Waals surface area (Å²) in [6, 6.07) is 0. The Morgan fingerprint density at radius 2 is 1.88 bits per heavy atom. The molecule has 16 heavy (non-hydrogen) atoms. The number of hydrogen-bond acceptors (Lipinski definition) is 2. The summed E-state index contributed by atoms with van der Waals surface area (Å²) in [5, 5.41) is 0. The van der Waals surface area contributed by atoms with Gasteiger partial charge in [0.2, 0.25) is 0 Å². The average molecular weight is 224 g/mol. The molecule has 2 rings (SSSR count). The second-order valence-corrected chi connectivity index (χ2v) is 6.82. The van der Waals surface area contributed by atoms with Gasteiger partial charge in [-0.15, -0.1) is 0 Å². The standard InChI is InChI=1S/C14H28N2/c1-5-14(6-7-14)12-15(3)9-8-13(2)10-16(4)11-13/h5-12H2,1-4H3. The van der Waals surface area contributed by atoms with Crippen molar-refractivity contribution in [2.75, 3.05) is 40.3 Å². The molecule has 0 atom stereocenters. The van der Waals surface area contributed by atoms with Crippen molar-refractivity contribution in [3.8, 4) is 0 Å². The molecule has 0 aromatic carbocycles. The minimum absolute atomic E-state index is 0.603. The maximum atomic E-state index is 2.57. The van der Waals surface area contributed by atoms with Gasteiger partial charge in [-0.05, 0) is 57.2 Å². The van der Waals surface area contributed by atoms with Gasteiger partial charge in [0.15, 0.2) is 0 Å². The lowest BCUT2D eigenvalue weighted by Gasteiger charge is -2.47. The molecule has 0 amide bonds. The Balaban J connectivity index is 1.66. The van der Waals surface area contributed by atoms with Crippen LogP contribution in [0.15, 0.2) is 0 Å². The molecule has 1 aliphatic heterocycles. The second-order valence-electron chi connectivity index (χ2n) is 6.82. The molecule has 2 heteroatoms. The van der Waals surface area contributed by atoms with Crippen molar-refractivity contribution in [1.29, 1.82) is 0 Å². The largest absolute Gasteiger partial charge is 0.306 e. The lowest BCUT2D eigenvalue weighted by molar-refractivity contribution is 0.0231. The zero-order valence-corrected chi connectivity index (χ0v) is 11.6. The van der Waals surface area contributed by atoms with Gasteiger partial charge in [-0.25, -0.2) is 0 Å². The Kier molecular flexibility index (Phi) is 3.33. The minimum atomic E-state index is 0.603. The summed E-state index contributed by atoms with van der Waals surface area (Å²) in [4.78, 5) is 4.99. The third kappa shape index (κ3) is 2.78. The number of likely N-dealkylation sites (tertiary alicyclic amines) is 1. The summed E-state index contributed by atoms with van der Waals surface area (Å²) < 4.78 is 0. The molecule has 0 radical (unpaired) electrons. The molecular weight excluding hydrogens is 196 g/mol. The molecule has 0 bridgehead atoms. The zero-order chi connectivity index (χ0) is 11.8. The molecule has 1 saturated carbocycles. The van der Waals surface area contributed by atoms with Crippen LogP contribution >= 0.6 is 0 Å². The van der Waals surface area contributed by atoms with Gasteiger partial charge in [0.1, 0.15) is 0 Å². The van der Waals surface area contributed by atoms with E-state index >= 15 is 0 Å². The number of rotatable bonds is 6. The molecule has 0 spiro atoms. The lowest BCUT2D eigenvalue weighted by atomic mass is 9.79. The topological polar surface area (TPSA) is 6.48 Å². The monoisotopic (exact) mass is 224 g/mol. The Hall–Kier alpha value is -0.0800. The molecule has 0 N–H and O–H groups in total.